The van der Waals surface area contributed by atoms with Crippen LogP contribution in [0.2, 0.25) is 0 Å². The number of aryl methyl sites for hydroxylation is 4. The number of benzene rings is 2. The van der Waals surface area contributed by atoms with Crippen LogP contribution in [0.1, 0.15) is 35.1 Å². The van der Waals surface area contributed by atoms with Crippen LogP contribution in [0, 0.1) is 39.4 Å². The average molecular weight is 419 g/mol. The third-order valence-electron chi connectivity index (χ3n) is 5.47. The van der Waals surface area contributed by atoms with Crippen molar-refractivity contribution >= 4 is 21.6 Å². The largest absolute Gasteiger partial charge is 0.326 e. The first-order chi connectivity index (χ1) is 13.6. The molecule has 1 saturated heterocycles. The predicted molar refractivity (Wildman–Crippen MR) is 112 cm³/mol. The van der Waals surface area contributed by atoms with E-state index in [1.54, 1.807) is 19.1 Å². The molecule has 0 unspecified atom stereocenters. The summed E-state index contributed by atoms with van der Waals surface area (Å²) in [6, 6.07) is 8.34. The fourth-order valence-corrected chi connectivity index (χ4v) is 5.86. The second kappa shape index (κ2) is 8.24. The van der Waals surface area contributed by atoms with Crippen LogP contribution in [0.4, 0.5) is 10.1 Å². The summed E-state index contributed by atoms with van der Waals surface area (Å²) in [5.41, 5.74) is 3.44. The number of piperidine rings is 1. The Morgan fingerprint density at radius 3 is 2.14 bits per heavy atom. The first-order valence-corrected chi connectivity index (χ1v) is 11.2. The summed E-state index contributed by atoms with van der Waals surface area (Å²) in [7, 11) is -3.61. The summed E-state index contributed by atoms with van der Waals surface area (Å²) in [6.07, 6.45) is 0.868. The van der Waals surface area contributed by atoms with Crippen LogP contribution in [0.25, 0.3) is 0 Å². The molecular formula is C22H27FN2O3S. The maximum atomic E-state index is 13.7. The normalized spacial score (nSPS) is 16.0. The molecule has 1 aliphatic rings. The fraction of sp³-hybridized carbons (Fsp3) is 0.409. The van der Waals surface area contributed by atoms with Crippen molar-refractivity contribution in [1.29, 1.82) is 0 Å². The van der Waals surface area contributed by atoms with Gasteiger partial charge in [-0.15, -0.1) is 0 Å². The number of anilines is 1. The van der Waals surface area contributed by atoms with E-state index in [0.717, 1.165) is 16.7 Å². The lowest BCUT2D eigenvalue weighted by Crippen LogP contribution is -2.41. The standard InChI is InChI=1S/C22H27FN2O3S/c1-14-11-16(3)21(17(4)12-14)29(27,28)25-9-7-18(8-10-25)22(26)24-19-6-5-15(2)20(23)13-19/h5-6,11-13,18H,7-10H2,1-4H3,(H,24,26). The topological polar surface area (TPSA) is 66.5 Å². The highest BCUT2D eigenvalue weighted by Crippen LogP contribution is 2.29. The highest BCUT2D eigenvalue weighted by atomic mass is 32.2. The monoisotopic (exact) mass is 418 g/mol. The second-order valence-electron chi connectivity index (χ2n) is 7.86. The number of hydrogen-bond acceptors (Lipinski definition) is 3. The van der Waals surface area contributed by atoms with Crippen molar-refractivity contribution in [2.24, 2.45) is 5.92 Å². The Kier molecular flexibility index (Phi) is 6.10. The highest BCUT2D eigenvalue weighted by molar-refractivity contribution is 7.89. The van der Waals surface area contributed by atoms with E-state index in [9.17, 15) is 17.6 Å². The molecule has 3 rings (SSSR count). The van der Waals surface area contributed by atoms with Crippen molar-refractivity contribution < 1.29 is 17.6 Å². The Hall–Kier alpha value is -2.25. The lowest BCUT2D eigenvalue weighted by Gasteiger charge is -2.31. The summed E-state index contributed by atoms with van der Waals surface area (Å²) < 4.78 is 41.5. The number of nitrogens with one attached hydrogen (secondary N) is 1. The third-order valence-corrected chi connectivity index (χ3v) is 7.67. The minimum Gasteiger partial charge on any atom is -0.326 e. The van der Waals surface area contributed by atoms with Gasteiger partial charge in [-0.2, -0.15) is 4.31 Å². The van der Waals surface area contributed by atoms with Gasteiger partial charge in [0, 0.05) is 24.7 Å². The van der Waals surface area contributed by atoms with E-state index in [-0.39, 0.29) is 30.7 Å². The molecule has 1 fully saturated rings. The van der Waals surface area contributed by atoms with Gasteiger partial charge in [0.15, 0.2) is 0 Å². The number of carbonyl (C=O) groups excluding carboxylic acids is 1. The van der Waals surface area contributed by atoms with E-state index >= 15 is 0 Å². The maximum absolute atomic E-state index is 13.7. The molecule has 0 aromatic heterocycles. The van der Waals surface area contributed by atoms with Gasteiger partial charge in [0.05, 0.1) is 4.90 Å². The molecule has 0 spiro atoms. The Morgan fingerprint density at radius 1 is 1.00 bits per heavy atom. The minimum absolute atomic E-state index is 0.201. The molecule has 1 heterocycles. The van der Waals surface area contributed by atoms with Gasteiger partial charge in [0.1, 0.15) is 5.82 Å². The Balaban J connectivity index is 1.68. The third kappa shape index (κ3) is 4.51. The van der Waals surface area contributed by atoms with Gasteiger partial charge < -0.3 is 5.32 Å². The van der Waals surface area contributed by atoms with Crippen LogP contribution in [-0.4, -0.2) is 31.7 Å². The summed E-state index contributed by atoms with van der Waals surface area (Å²) >= 11 is 0. The molecule has 2 aromatic carbocycles. The van der Waals surface area contributed by atoms with Gasteiger partial charge in [0.2, 0.25) is 15.9 Å². The lowest BCUT2D eigenvalue weighted by atomic mass is 9.97. The van der Waals surface area contributed by atoms with Crippen LogP contribution in [0.15, 0.2) is 35.2 Å². The SMILES string of the molecule is Cc1cc(C)c(S(=O)(=O)N2CCC(C(=O)Nc3ccc(C)c(F)c3)CC2)c(C)c1. The molecule has 0 aliphatic carbocycles. The van der Waals surface area contributed by atoms with E-state index in [0.29, 0.717) is 29.0 Å². The van der Waals surface area contributed by atoms with Crippen molar-refractivity contribution in [3.05, 3.63) is 58.4 Å². The summed E-state index contributed by atoms with van der Waals surface area (Å²) in [6.45, 7) is 7.81. The molecule has 156 valence electrons. The smallest absolute Gasteiger partial charge is 0.243 e. The predicted octanol–water partition coefficient (Wildman–Crippen LogP) is 4.10. The number of hydrogen-bond donors (Lipinski definition) is 1. The van der Waals surface area contributed by atoms with Gasteiger partial charge in [-0.25, -0.2) is 12.8 Å². The van der Waals surface area contributed by atoms with Crippen molar-refractivity contribution in [2.45, 2.75) is 45.4 Å². The minimum atomic E-state index is -3.61. The van der Waals surface area contributed by atoms with Crippen molar-refractivity contribution in [3.63, 3.8) is 0 Å². The molecule has 1 aliphatic heterocycles. The van der Waals surface area contributed by atoms with Crippen LogP contribution in [-0.2, 0) is 14.8 Å². The highest BCUT2D eigenvalue weighted by Gasteiger charge is 2.33. The van der Waals surface area contributed by atoms with Crippen LogP contribution < -0.4 is 5.32 Å². The molecule has 1 amide bonds. The zero-order valence-corrected chi connectivity index (χ0v) is 18.1. The number of amides is 1. The number of halogens is 1. The van der Waals surface area contributed by atoms with E-state index in [4.69, 9.17) is 0 Å². The van der Waals surface area contributed by atoms with Crippen LogP contribution >= 0.6 is 0 Å². The second-order valence-corrected chi connectivity index (χ2v) is 9.73. The van der Waals surface area contributed by atoms with Crippen molar-refractivity contribution in [1.82, 2.24) is 4.31 Å². The zero-order chi connectivity index (χ0) is 21.3. The first-order valence-electron chi connectivity index (χ1n) is 9.74. The molecule has 7 heteroatoms. The summed E-state index contributed by atoms with van der Waals surface area (Å²) in [5.74, 6) is -0.869. The van der Waals surface area contributed by atoms with Gasteiger partial charge in [0.25, 0.3) is 0 Å². The summed E-state index contributed by atoms with van der Waals surface area (Å²) in [4.78, 5) is 12.9. The molecule has 0 atom stereocenters. The zero-order valence-electron chi connectivity index (χ0n) is 17.3. The Labute approximate surface area is 172 Å². The number of carbonyl (C=O) groups is 1. The molecule has 0 radical (unpaired) electrons. The molecule has 1 N–H and O–H groups in total. The maximum Gasteiger partial charge on any atom is 0.243 e. The molecule has 0 saturated carbocycles. The first kappa shape index (κ1) is 21.5. The molecule has 5 nitrogen and oxygen atoms in total. The quantitative estimate of drug-likeness (QED) is 0.813. The van der Waals surface area contributed by atoms with E-state index < -0.39 is 10.0 Å². The van der Waals surface area contributed by atoms with E-state index in [1.165, 1.54) is 10.4 Å². The Morgan fingerprint density at radius 2 is 1.59 bits per heavy atom. The number of rotatable bonds is 4. The molecular weight excluding hydrogens is 391 g/mol. The van der Waals surface area contributed by atoms with Crippen molar-refractivity contribution in [2.75, 3.05) is 18.4 Å². The van der Waals surface area contributed by atoms with Crippen molar-refractivity contribution in [3.8, 4) is 0 Å². The Bertz CT molecular complexity index is 1020. The van der Waals surface area contributed by atoms with Gasteiger partial charge in [-0.05, 0) is 69.4 Å². The van der Waals surface area contributed by atoms with Gasteiger partial charge >= 0.3 is 0 Å². The average Bonchev–Trinajstić information content (AvgIpc) is 2.63. The fourth-order valence-electron chi connectivity index (χ4n) is 3.98. The molecule has 0 bridgehead atoms. The van der Waals surface area contributed by atoms with Gasteiger partial charge in [-0.1, -0.05) is 23.8 Å². The van der Waals surface area contributed by atoms with E-state index in [2.05, 4.69) is 5.32 Å². The summed E-state index contributed by atoms with van der Waals surface area (Å²) in [5, 5.41) is 2.74. The number of sulfonamides is 1. The van der Waals surface area contributed by atoms with E-state index in [1.807, 2.05) is 32.9 Å². The molecule has 2 aromatic rings. The van der Waals surface area contributed by atoms with Gasteiger partial charge in [-0.3, -0.25) is 4.79 Å². The van der Waals surface area contributed by atoms with Crippen LogP contribution in [0.5, 0.6) is 0 Å². The lowest BCUT2D eigenvalue weighted by molar-refractivity contribution is -0.120. The number of nitrogens with zero attached hydrogens (tertiary/aromatic N) is 1. The molecule has 29 heavy (non-hydrogen) atoms. The van der Waals surface area contributed by atoms with Crippen LogP contribution in [0.3, 0.4) is 0 Å².